The second kappa shape index (κ2) is 7.58. The maximum absolute atomic E-state index is 11.9. The molecule has 1 aliphatic heterocycles. The molecule has 17 heteroatoms. The van der Waals surface area contributed by atoms with Crippen LogP contribution in [0.4, 0.5) is 5.82 Å². The van der Waals surface area contributed by atoms with E-state index >= 15 is 0 Å². The average Bonchev–Trinajstić information content (AvgIpc) is 3.15. The summed E-state index contributed by atoms with van der Waals surface area (Å²) >= 11 is 5.30. The highest BCUT2D eigenvalue weighted by Gasteiger charge is 2.48. The molecule has 1 fully saturated rings. The van der Waals surface area contributed by atoms with Gasteiger partial charge in [0.1, 0.15) is 30.2 Å². The molecular formula is C11H16ClN5O9P2. The highest BCUT2D eigenvalue weighted by molar-refractivity contribution is 7.74. The van der Waals surface area contributed by atoms with Crippen LogP contribution in [0.5, 0.6) is 0 Å². The van der Waals surface area contributed by atoms with Gasteiger partial charge < -0.3 is 39.9 Å². The van der Waals surface area contributed by atoms with Crippen molar-refractivity contribution in [3.63, 3.8) is 0 Å². The minimum atomic E-state index is -5.11. The van der Waals surface area contributed by atoms with Gasteiger partial charge in [0.25, 0.3) is 0 Å². The molecule has 0 bridgehead atoms. The molecular weight excluding hydrogens is 444 g/mol. The number of fused-ring (bicyclic) bond motifs is 1. The van der Waals surface area contributed by atoms with E-state index in [4.69, 9.17) is 31.9 Å². The number of halogens is 1. The van der Waals surface area contributed by atoms with Crippen molar-refractivity contribution in [2.45, 2.75) is 29.4 Å². The number of hydrogen-bond donors (Lipinski definition) is 6. The van der Waals surface area contributed by atoms with Gasteiger partial charge in [-0.3, -0.25) is 13.7 Å². The Labute approximate surface area is 161 Å². The Morgan fingerprint density at radius 1 is 1.25 bits per heavy atom. The lowest BCUT2D eigenvalue weighted by Gasteiger charge is -2.21. The zero-order valence-electron chi connectivity index (χ0n) is 13.8. The molecule has 2 aromatic heterocycles. The zero-order valence-corrected chi connectivity index (χ0v) is 16.3. The summed E-state index contributed by atoms with van der Waals surface area (Å²) in [6.45, 7) is -0.782. The monoisotopic (exact) mass is 459 g/mol. The molecule has 0 aromatic carbocycles. The van der Waals surface area contributed by atoms with Crippen LogP contribution < -0.4 is 5.73 Å². The van der Waals surface area contributed by atoms with Crippen LogP contribution in [0.3, 0.4) is 0 Å². The fourth-order valence-electron chi connectivity index (χ4n) is 2.58. The van der Waals surface area contributed by atoms with Gasteiger partial charge in [-0.15, -0.1) is 0 Å². The highest BCUT2D eigenvalue weighted by atomic mass is 35.5. The Kier molecular flexibility index (Phi) is 5.82. The summed E-state index contributed by atoms with van der Waals surface area (Å²) in [5, 5.41) is 20.4. The van der Waals surface area contributed by atoms with Crippen molar-refractivity contribution < 1.29 is 43.3 Å². The summed E-state index contributed by atoms with van der Waals surface area (Å²) in [4.78, 5) is 36.7. The van der Waals surface area contributed by atoms with Crippen molar-refractivity contribution >= 4 is 43.8 Å². The summed E-state index contributed by atoms with van der Waals surface area (Å²) in [5.74, 6) is 0.0866. The van der Waals surface area contributed by atoms with Crippen molar-refractivity contribution in [2.24, 2.45) is 0 Å². The van der Waals surface area contributed by atoms with Crippen LogP contribution in [-0.2, 0) is 18.4 Å². The van der Waals surface area contributed by atoms with Crippen molar-refractivity contribution in [1.29, 1.82) is 0 Å². The molecule has 0 amide bonds. The van der Waals surface area contributed by atoms with Gasteiger partial charge in [-0.2, -0.15) is 0 Å². The Morgan fingerprint density at radius 3 is 2.57 bits per heavy atom. The first-order valence-corrected chi connectivity index (χ1v) is 11.3. The Hall–Kier alpha value is -1.18. The number of aliphatic hydroxyl groups is 2. The van der Waals surface area contributed by atoms with E-state index in [0.29, 0.717) is 0 Å². The number of ether oxygens (including phenoxy) is 1. The van der Waals surface area contributed by atoms with Gasteiger partial charge in [-0.1, -0.05) is 11.6 Å². The second-order valence-electron chi connectivity index (χ2n) is 5.89. The van der Waals surface area contributed by atoms with E-state index in [0.717, 1.165) is 0 Å². The average molecular weight is 460 g/mol. The summed E-state index contributed by atoms with van der Waals surface area (Å²) in [6.07, 6.45) is -3.18. The minimum Gasteiger partial charge on any atom is -0.387 e. The summed E-state index contributed by atoms with van der Waals surface area (Å²) in [6, 6.07) is 0. The van der Waals surface area contributed by atoms with Crippen LogP contribution in [-0.4, -0.2) is 74.2 Å². The molecule has 0 radical (unpaired) electrons. The zero-order chi connectivity index (χ0) is 20.9. The Bertz CT molecular complexity index is 969. The molecule has 2 aromatic rings. The van der Waals surface area contributed by atoms with E-state index in [1.165, 1.54) is 17.2 Å². The number of imidazole rings is 1. The van der Waals surface area contributed by atoms with Gasteiger partial charge in [-0.05, 0) is 0 Å². The third-order valence-electron chi connectivity index (χ3n) is 3.97. The summed E-state index contributed by atoms with van der Waals surface area (Å²) < 4.78 is 34.3. The van der Waals surface area contributed by atoms with Gasteiger partial charge in [0, 0.05) is 0 Å². The maximum atomic E-state index is 11.9. The van der Waals surface area contributed by atoms with E-state index in [1.807, 2.05) is 0 Å². The van der Waals surface area contributed by atoms with Gasteiger partial charge in [0.05, 0.1) is 12.9 Å². The first-order chi connectivity index (χ1) is 12.9. The SMILES string of the molecule is Nc1ncnc2c1ncn2[C@@H]1O[C@H](COP(=O)(O)[C@H](Cl)P(=O)(O)O)[C@@H](O)[C@H]1O. The second-order valence-corrected chi connectivity index (χ2v) is 10.9. The van der Waals surface area contributed by atoms with E-state index in [9.17, 15) is 24.2 Å². The third kappa shape index (κ3) is 3.94. The van der Waals surface area contributed by atoms with E-state index in [2.05, 4.69) is 19.5 Å². The maximum Gasteiger partial charge on any atom is 0.358 e. The smallest absolute Gasteiger partial charge is 0.358 e. The molecule has 1 saturated heterocycles. The number of aliphatic hydroxyl groups excluding tert-OH is 2. The summed E-state index contributed by atoms with van der Waals surface area (Å²) in [7, 11) is -10.1. The Balaban J connectivity index is 1.76. The highest BCUT2D eigenvalue weighted by Crippen LogP contribution is 2.64. The van der Waals surface area contributed by atoms with Crippen molar-refractivity contribution in [3.8, 4) is 0 Å². The molecule has 3 rings (SSSR count). The molecule has 1 aliphatic rings. The number of anilines is 1. The van der Waals surface area contributed by atoms with E-state index in [-0.39, 0.29) is 17.0 Å². The third-order valence-corrected chi connectivity index (χ3v) is 8.86. The Morgan fingerprint density at radius 2 is 1.93 bits per heavy atom. The van der Waals surface area contributed by atoms with E-state index in [1.54, 1.807) is 0 Å². The number of alkyl halides is 1. The quantitative estimate of drug-likeness (QED) is 0.224. The predicted molar refractivity (Wildman–Crippen MR) is 93.1 cm³/mol. The molecule has 0 saturated carbocycles. The molecule has 1 unspecified atom stereocenters. The van der Waals surface area contributed by atoms with Gasteiger partial charge in [-0.25, -0.2) is 15.0 Å². The number of nitrogens with zero attached hydrogens (tertiary/aromatic N) is 4. The number of rotatable bonds is 6. The topological polar surface area (TPSA) is 223 Å². The molecule has 7 N–H and O–H groups in total. The van der Waals surface area contributed by atoms with Gasteiger partial charge in [0.15, 0.2) is 17.7 Å². The largest absolute Gasteiger partial charge is 0.387 e. The molecule has 14 nitrogen and oxygen atoms in total. The van der Waals surface area contributed by atoms with Gasteiger partial charge in [0.2, 0.25) is 4.86 Å². The summed E-state index contributed by atoms with van der Waals surface area (Å²) in [5.41, 5.74) is 6.13. The first kappa shape index (κ1) is 21.5. The standard InChI is InChI=1S/C11H16ClN5O9P2/c12-11(27(20,21)22)28(23,24)25-1-4-6(18)7(19)10(26-4)17-3-16-5-8(13)14-2-15-9(5)17/h2-4,6-7,10-11,18-19H,1H2,(H,23,24)(H2,13,14,15)(H2,20,21,22)/t4-,6-,7-,10-,11-/m1/s1. The van der Waals surface area contributed by atoms with Crippen LogP contribution in [0.2, 0.25) is 0 Å². The van der Waals surface area contributed by atoms with Crippen LogP contribution in [0.25, 0.3) is 11.2 Å². The molecule has 156 valence electrons. The normalized spacial score (nSPS) is 29.1. The van der Waals surface area contributed by atoms with Crippen molar-refractivity contribution in [3.05, 3.63) is 12.7 Å². The van der Waals surface area contributed by atoms with Gasteiger partial charge >= 0.3 is 15.2 Å². The van der Waals surface area contributed by atoms with Crippen LogP contribution in [0, 0.1) is 0 Å². The van der Waals surface area contributed by atoms with E-state index < -0.39 is 51.2 Å². The number of nitrogen functional groups attached to an aromatic ring is 1. The van der Waals surface area contributed by atoms with Crippen molar-refractivity contribution in [2.75, 3.05) is 12.3 Å². The fraction of sp³-hybridized carbons (Fsp3) is 0.545. The fourth-order valence-corrected chi connectivity index (χ4v) is 4.96. The van der Waals surface area contributed by atoms with Crippen LogP contribution >= 0.6 is 26.8 Å². The molecule has 0 aliphatic carbocycles. The first-order valence-electron chi connectivity index (χ1n) is 7.54. The molecule has 3 heterocycles. The molecule has 28 heavy (non-hydrogen) atoms. The lowest BCUT2D eigenvalue weighted by Crippen LogP contribution is -2.33. The van der Waals surface area contributed by atoms with Crippen molar-refractivity contribution in [1.82, 2.24) is 19.5 Å². The lowest BCUT2D eigenvalue weighted by atomic mass is 10.1. The lowest BCUT2D eigenvalue weighted by molar-refractivity contribution is -0.0484. The van der Waals surface area contributed by atoms with Crippen LogP contribution in [0.1, 0.15) is 6.23 Å². The number of nitrogens with two attached hydrogens (primary N) is 1. The molecule has 0 spiro atoms. The predicted octanol–water partition coefficient (Wildman–Crippen LogP) is -1.07. The molecule has 6 atom stereocenters. The number of aromatic nitrogens is 4. The number of hydrogen-bond acceptors (Lipinski definition) is 10. The minimum absolute atomic E-state index is 0.0866. The van der Waals surface area contributed by atoms with Crippen LogP contribution in [0.15, 0.2) is 12.7 Å².